The lowest BCUT2D eigenvalue weighted by Crippen LogP contribution is -2.10. The van der Waals surface area contributed by atoms with Gasteiger partial charge in [-0.25, -0.2) is 9.97 Å². The van der Waals surface area contributed by atoms with Gasteiger partial charge in [0.25, 0.3) is 0 Å². The molecule has 31 heavy (non-hydrogen) atoms. The highest BCUT2D eigenvalue weighted by molar-refractivity contribution is 5.89. The average molecular weight is 423 g/mol. The Morgan fingerprint density at radius 2 is 1.90 bits per heavy atom. The maximum atomic E-state index is 13.2. The lowest BCUT2D eigenvalue weighted by atomic mass is 10.00. The van der Waals surface area contributed by atoms with Crippen molar-refractivity contribution >= 4 is 22.8 Å². The molecule has 0 amide bonds. The summed E-state index contributed by atoms with van der Waals surface area (Å²) < 4.78 is 41.2. The summed E-state index contributed by atoms with van der Waals surface area (Å²) >= 11 is 0. The van der Waals surface area contributed by atoms with Crippen LogP contribution in [-0.4, -0.2) is 19.5 Å². The lowest BCUT2D eigenvalue weighted by molar-refractivity contribution is -0.136. The van der Waals surface area contributed by atoms with Crippen LogP contribution in [0.3, 0.4) is 0 Å². The quantitative estimate of drug-likeness (QED) is 0.482. The first kappa shape index (κ1) is 20.2. The molecule has 0 spiro atoms. The topological polar surface area (TPSA) is 119 Å². The minimum atomic E-state index is -4.56. The number of imidazole rings is 1. The zero-order valence-electron chi connectivity index (χ0n) is 16.3. The second-order valence-corrected chi connectivity index (χ2v) is 6.98. The Labute approximate surface area is 174 Å². The Bertz CT molecular complexity index is 1350. The first-order chi connectivity index (χ1) is 14.7. The molecular weight excluding hydrogens is 407 g/mol. The van der Waals surface area contributed by atoms with Crippen LogP contribution in [0.1, 0.15) is 22.3 Å². The van der Waals surface area contributed by atoms with Crippen molar-refractivity contribution in [2.75, 3.05) is 11.5 Å². The molecule has 0 radical (unpaired) electrons. The molecule has 0 fully saturated rings. The average Bonchev–Trinajstić information content (AvgIpc) is 3.10. The van der Waals surface area contributed by atoms with Crippen LogP contribution in [0, 0.1) is 18.3 Å². The van der Waals surface area contributed by atoms with Crippen molar-refractivity contribution in [1.29, 1.82) is 5.26 Å². The Balaban J connectivity index is 1.83. The maximum Gasteiger partial charge on any atom is 0.418 e. The van der Waals surface area contributed by atoms with Gasteiger partial charge in [0.2, 0.25) is 5.95 Å². The molecule has 4 aromatic rings. The van der Waals surface area contributed by atoms with Gasteiger partial charge >= 0.3 is 6.18 Å². The Kier molecular flexibility index (Phi) is 4.74. The minimum Gasteiger partial charge on any atom is -0.398 e. The van der Waals surface area contributed by atoms with Gasteiger partial charge in [-0.15, -0.1) is 0 Å². The van der Waals surface area contributed by atoms with Gasteiger partial charge < -0.3 is 16.0 Å². The molecule has 7 nitrogen and oxygen atoms in total. The van der Waals surface area contributed by atoms with Gasteiger partial charge in [-0.05, 0) is 36.2 Å². The molecule has 4 rings (SSSR count). The second kappa shape index (κ2) is 7.28. The summed E-state index contributed by atoms with van der Waals surface area (Å²) in [7, 11) is 0. The van der Waals surface area contributed by atoms with Gasteiger partial charge in [-0.2, -0.15) is 23.4 Å². The third-order valence-corrected chi connectivity index (χ3v) is 4.97. The van der Waals surface area contributed by atoms with Crippen LogP contribution in [0.2, 0.25) is 0 Å². The first-order valence-corrected chi connectivity index (χ1v) is 9.13. The lowest BCUT2D eigenvalue weighted by Gasteiger charge is -2.12. The van der Waals surface area contributed by atoms with Crippen molar-refractivity contribution in [2.45, 2.75) is 19.6 Å². The van der Waals surface area contributed by atoms with Crippen molar-refractivity contribution in [3.8, 4) is 17.3 Å². The smallest absolute Gasteiger partial charge is 0.398 e. The molecule has 4 N–H and O–H groups in total. The number of benzene rings is 2. The molecule has 0 bridgehead atoms. The Morgan fingerprint density at radius 3 is 2.61 bits per heavy atom. The number of aromatic nitrogens is 4. The fourth-order valence-electron chi connectivity index (χ4n) is 3.42. The van der Waals surface area contributed by atoms with E-state index in [0.717, 1.165) is 6.07 Å². The van der Waals surface area contributed by atoms with Crippen LogP contribution in [0.5, 0.6) is 0 Å². The van der Waals surface area contributed by atoms with E-state index in [1.807, 2.05) is 0 Å². The minimum absolute atomic E-state index is 0.0145. The Morgan fingerprint density at radius 1 is 1.13 bits per heavy atom. The summed E-state index contributed by atoms with van der Waals surface area (Å²) in [4.78, 5) is 12.9. The molecule has 10 heteroatoms. The van der Waals surface area contributed by atoms with Gasteiger partial charge in [0.15, 0.2) is 5.65 Å². The molecule has 0 saturated carbocycles. The van der Waals surface area contributed by atoms with Crippen LogP contribution < -0.4 is 11.5 Å². The molecule has 0 aliphatic heterocycles. The molecule has 0 aliphatic carbocycles. The number of hydrogen-bond acceptors (Lipinski definition) is 6. The predicted octanol–water partition coefficient (Wildman–Crippen LogP) is 3.90. The number of anilines is 2. The van der Waals surface area contributed by atoms with Crippen molar-refractivity contribution in [1.82, 2.24) is 19.5 Å². The molecule has 0 aliphatic rings. The van der Waals surface area contributed by atoms with Crippen molar-refractivity contribution in [2.24, 2.45) is 0 Å². The number of alkyl halides is 3. The third-order valence-electron chi connectivity index (χ3n) is 4.97. The third kappa shape index (κ3) is 3.61. The largest absolute Gasteiger partial charge is 0.418 e. The molecule has 2 aromatic heterocycles. The summed E-state index contributed by atoms with van der Waals surface area (Å²) in [6.07, 6.45) is -3.09. The Hall–Kier alpha value is -4.13. The number of fused-ring (bicyclic) bond motifs is 1. The van der Waals surface area contributed by atoms with Gasteiger partial charge in [-0.3, -0.25) is 0 Å². The van der Waals surface area contributed by atoms with Gasteiger partial charge in [0.05, 0.1) is 30.1 Å². The molecule has 0 saturated heterocycles. The normalized spacial score (nSPS) is 11.6. The van der Waals surface area contributed by atoms with E-state index in [-0.39, 0.29) is 18.2 Å². The second-order valence-electron chi connectivity index (χ2n) is 6.98. The highest BCUT2D eigenvalue weighted by atomic mass is 19.4. The molecule has 0 atom stereocenters. The number of rotatable bonds is 3. The number of nitrogen functional groups attached to an aromatic ring is 2. The summed E-state index contributed by atoms with van der Waals surface area (Å²) in [6, 6.07) is 11.1. The number of nitrogens with zero attached hydrogens (tertiary/aromatic N) is 5. The SMILES string of the molecule is Cc1c(C#N)cccc1-c1nc(N)nc2c1ncn2Cc1ccc(N)c(C(F)(F)F)c1. The molecular formula is C21H16F3N7. The zero-order valence-corrected chi connectivity index (χ0v) is 16.3. The van der Waals surface area contributed by atoms with Crippen LogP contribution in [0.4, 0.5) is 24.8 Å². The monoisotopic (exact) mass is 423 g/mol. The first-order valence-electron chi connectivity index (χ1n) is 9.13. The molecule has 0 unspecified atom stereocenters. The van der Waals surface area contributed by atoms with E-state index in [4.69, 9.17) is 11.5 Å². The van der Waals surface area contributed by atoms with Crippen molar-refractivity contribution in [3.05, 3.63) is 65.0 Å². The zero-order chi connectivity index (χ0) is 22.3. The van der Waals surface area contributed by atoms with Crippen molar-refractivity contribution in [3.63, 3.8) is 0 Å². The summed E-state index contributed by atoms with van der Waals surface area (Å²) in [5.41, 5.74) is 13.7. The number of nitriles is 1. The summed E-state index contributed by atoms with van der Waals surface area (Å²) in [5.74, 6) is -0.0145. The maximum absolute atomic E-state index is 13.2. The highest BCUT2D eigenvalue weighted by Crippen LogP contribution is 2.34. The highest BCUT2D eigenvalue weighted by Gasteiger charge is 2.33. The molecule has 2 heterocycles. The van der Waals surface area contributed by atoms with Crippen LogP contribution in [0.15, 0.2) is 42.7 Å². The fraction of sp³-hybridized carbons (Fsp3) is 0.143. The van der Waals surface area contributed by atoms with Crippen molar-refractivity contribution < 1.29 is 13.2 Å². The van der Waals surface area contributed by atoms with E-state index in [1.54, 1.807) is 29.7 Å². The van der Waals surface area contributed by atoms with E-state index in [9.17, 15) is 18.4 Å². The number of hydrogen-bond donors (Lipinski definition) is 2. The van der Waals surface area contributed by atoms with Gasteiger partial charge in [-0.1, -0.05) is 18.2 Å². The van der Waals surface area contributed by atoms with E-state index in [0.29, 0.717) is 39.1 Å². The summed E-state index contributed by atoms with van der Waals surface area (Å²) in [6.45, 7) is 1.87. The standard InChI is InChI=1S/C21H16F3N7/c1-11-13(8-25)3-2-4-14(11)17-18-19(30-20(27)29-17)31(10-28-18)9-12-5-6-16(26)15(7-12)21(22,23)24/h2-7,10H,9,26H2,1H3,(H2,27,29,30). The van der Waals surface area contributed by atoms with E-state index in [2.05, 4.69) is 21.0 Å². The van der Waals surface area contributed by atoms with Gasteiger partial charge in [0.1, 0.15) is 11.2 Å². The summed E-state index contributed by atoms with van der Waals surface area (Å²) in [5, 5.41) is 9.31. The van der Waals surface area contributed by atoms with E-state index in [1.165, 1.54) is 18.5 Å². The van der Waals surface area contributed by atoms with Crippen LogP contribution in [0.25, 0.3) is 22.4 Å². The predicted molar refractivity (Wildman–Crippen MR) is 110 cm³/mol. The van der Waals surface area contributed by atoms with Gasteiger partial charge in [0, 0.05) is 11.3 Å². The van der Waals surface area contributed by atoms with Crippen LogP contribution in [-0.2, 0) is 12.7 Å². The number of halogens is 3. The fourth-order valence-corrected chi connectivity index (χ4v) is 3.42. The number of nitrogens with two attached hydrogens (primary N) is 2. The molecule has 2 aromatic carbocycles. The van der Waals surface area contributed by atoms with E-state index < -0.39 is 11.7 Å². The van der Waals surface area contributed by atoms with Crippen LogP contribution >= 0.6 is 0 Å². The molecule has 156 valence electrons. The van der Waals surface area contributed by atoms with E-state index >= 15 is 0 Å².